The summed E-state index contributed by atoms with van der Waals surface area (Å²) in [5.74, 6) is -0.300. The van der Waals surface area contributed by atoms with Crippen LogP contribution in [-0.2, 0) is 19.1 Å². The number of ether oxygens (including phenoxy) is 2. The highest BCUT2D eigenvalue weighted by atomic mass is 32.2. The van der Waals surface area contributed by atoms with Gasteiger partial charge in [-0.25, -0.2) is 0 Å². The molecule has 1 saturated heterocycles. The van der Waals surface area contributed by atoms with E-state index >= 15 is 0 Å². The lowest BCUT2D eigenvalue weighted by molar-refractivity contribution is -0.161. The molecule has 2 heterocycles. The van der Waals surface area contributed by atoms with E-state index in [1.54, 1.807) is 12.0 Å². The van der Waals surface area contributed by atoms with Crippen LogP contribution in [-0.4, -0.2) is 48.5 Å². The minimum absolute atomic E-state index is 0.00780. The minimum atomic E-state index is -0.323. The van der Waals surface area contributed by atoms with Crippen LogP contribution < -0.4 is 0 Å². The maximum Gasteiger partial charge on any atom is 0.302 e. The summed E-state index contributed by atoms with van der Waals surface area (Å²) in [6, 6.07) is 0. The molecule has 1 unspecified atom stereocenters. The van der Waals surface area contributed by atoms with Gasteiger partial charge in [0.2, 0.25) is 0 Å². The summed E-state index contributed by atoms with van der Waals surface area (Å²) < 4.78 is 9.96. The Morgan fingerprint density at radius 1 is 1.69 bits per heavy atom. The standard InChI is InChI=1S/C10H13NO4S/c1-6(12)15-4-7-3-11-9(13)8(14-2)10(11)16-5-7/h5,8,10H,3-4H2,1-2H3/t8-,10?/m0/s1. The maximum atomic E-state index is 11.6. The van der Waals surface area contributed by atoms with Gasteiger partial charge in [0.25, 0.3) is 5.91 Å². The summed E-state index contributed by atoms with van der Waals surface area (Å²) in [5.41, 5.74) is 0.944. The maximum absolute atomic E-state index is 11.6. The van der Waals surface area contributed by atoms with E-state index in [1.807, 2.05) is 5.41 Å². The Bertz CT molecular complexity index is 355. The molecule has 0 N–H and O–H groups in total. The van der Waals surface area contributed by atoms with Crippen molar-refractivity contribution in [2.45, 2.75) is 18.4 Å². The molecule has 0 spiro atoms. The number of esters is 1. The van der Waals surface area contributed by atoms with Crippen LogP contribution in [0.3, 0.4) is 0 Å². The molecule has 2 atom stereocenters. The van der Waals surface area contributed by atoms with Crippen molar-refractivity contribution < 1.29 is 19.1 Å². The summed E-state index contributed by atoms with van der Waals surface area (Å²) in [7, 11) is 1.54. The first kappa shape index (κ1) is 11.5. The Hall–Kier alpha value is -1.01. The normalized spacial score (nSPS) is 28.0. The van der Waals surface area contributed by atoms with Crippen LogP contribution in [0.25, 0.3) is 0 Å². The molecule has 2 aliphatic rings. The number of amides is 1. The molecule has 16 heavy (non-hydrogen) atoms. The minimum Gasteiger partial charge on any atom is -0.461 e. The molecular formula is C10H13NO4S. The van der Waals surface area contributed by atoms with E-state index in [0.29, 0.717) is 6.54 Å². The molecule has 5 nitrogen and oxygen atoms in total. The van der Waals surface area contributed by atoms with Crippen molar-refractivity contribution in [1.29, 1.82) is 0 Å². The Morgan fingerprint density at radius 3 is 3.06 bits per heavy atom. The third-order valence-corrected chi connectivity index (χ3v) is 3.80. The summed E-state index contributed by atoms with van der Waals surface area (Å²) in [4.78, 5) is 23.9. The first-order valence-electron chi connectivity index (χ1n) is 4.93. The monoisotopic (exact) mass is 243 g/mol. The number of rotatable bonds is 3. The lowest BCUT2D eigenvalue weighted by atomic mass is 10.1. The fraction of sp³-hybridized carbons (Fsp3) is 0.600. The summed E-state index contributed by atoms with van der Waals surface area (Å²) in [5, 5.41) is 2.03. The number of thioether (sulfide) groups is 1. The van der Waals surface area contributed by atoms with E-state index in [0.717, 1.165) is 5.57 Å². The third-order valence-electron chi connectivity index (χ3n) is 2.55. The first-order valence-corrected chi connectivity index (χ1v) is 5.88. The van der Waals surface area contributed by atoms with Gasteiger partial charge in [0.15, 0.2) is 6.10 Å². The Balaban J connectivity index is 1.92. The van der Waals surface area contributed by atoms with Crippen LogP contribution in [0.15, 0.2) is 11.0 Å². The van der Waals surface area contributed by atoms with E-state index in [-0.39, 0.29) is 30.0 Å². The number of carbonyl (C=O) groups excluding carboxylic acids is 2. The van der Waals surface area contributed by atoms with Gasteiger partial charge >= 0.3 is 5.97 Å². The van der Waals surface area contributed by atoms with Gasteiger partial charge in [-0.05, 0) is 11.0 Å². The zero-order valence-corrected chi connectivity index (χ0v) is 9.95. The van der Waals surface area contributed by atoms with Crippen LogP contribution in [0.1, 0.15) is 6.92 Å². The van der Waals surface area contributed by atoms with E-state index in [2.05, 4.69) is 0 Å². The van der Waals surface area contributed by atoms with Gasteiger partial charge < -0.3 is 14.4 Å². The highest BCUT2D eigenvalue weighted by molar-refractivity contribution is 8.02. The van der Waals surface area contributed by atoms with Crippen LogP contribution in [0.2, 0.25) is 0 Å². The highest BCUT2D eigenvalue weighted by Gasteiger charge is 2.49. The van der Waals surface area contributed by atoms with E-state index in [1.165, 1.54) is 18.7 Å². The van der Waals surface area contributed by atoms with Crippen molar-refractivity contribution in [2.75, 3.05) is 20.3 Å². The van der Waals surface area contributed by atoms with Crippen molar-refractivity contribution in [3.05, 3.63) is 11.0 Å². The topological polar surface area (TPSA) is 55.8 Å². The summed E-state index contributed by atoms with van der Waals surface area (Å²) in [6.45, 7) is 2.16. The van der Waals surface area contributed by atoms with Crippen LogP contribution in [0.4, 0.5) is 0 Å². The van der Waals surface area contributed by atoms with Crippen LogP contribution >= 0.6 is 11.8 Å². The van der Waals surface area contributed by atoms with Gasteiger partial charge in [-0.1, -0.05) is 0 Å². The zero-order valence-electron chi connectivity index (χ0n) is 9.13. The van der Waals surface area contributed by atoms with Crippen molar-refractivity contribution >= 4 is 23.6 Å². The van der Waals surface area contributed by atoms with E-state index < -0.39 is 0 Å². The molecule has 0 aromatic rings. The Kier molecular flexibility index (Phi) is 3.20. The molecule has 1 amide bonds. The molecular weight excluding hydrogens is 230 g/mol. The fourth-order valence-electron chi connectivity index (χ4n) is 1.72. The molecule has 0 bridgehead atoms. The first-order chi connectivity index (χ1) is 7.63. The van der Waals surface area contributed by atoms with E-state index in [4.69, 9.17) is 9.47 Å². The van der Waals surface area contributed by atoms with Crippen molar-refractivity contribution in [2.24, 2.45) is 0 Å². The van der Waals surface area contributed by atoms with Crippen LogP contribution in [0.5, 0.6) is 0 Å². The number of carbonyl (C=O) groups is 2. The molecule has 0 aliphatic carbocycles. The van der Waals surface area contributed by atoms with Gasteiger partial charge in [0.1, 0.15) is 12.0 Å². The molecule has 6 heteroatoms. The second-order valence-corrected chi connectivity index (χ2v) is 4.70. The number of methoxy groups -OCH3 is 1. The number of nitrogens with zero attached hydrogens (tertiary/aromatic N) is 1. The zero-order chi connectivity index (χ0) is 11.7. The molecule has 2 aliphatic heterocycles. The third kappa shape index (κ3) is 1.94. The average molecular weight is 243 g/mol. The Morgan fingerprint density at radius 2 is 2.44 bits per heavy atom. The smallest absolute Gasteiger partial charge is 0.302 e. The number of hydrogen-bond acceptors (Lipinski definition) is 5. The van der Waals surface area contributed by atoms with Gasteiger partial charge in [-0.15, -0.1) is 11.8 Å². The SMILES string of the molecule is CO[C@H]1C(=O)N2CC(COC(C)=O)=CSC12. The number of β-lactam (4-membered cyclic amide) rings is 1. The highest BCUT2D eigenvalue weighted by Crippen LogP contribution is 2.37. The van der Waals surface area contributed by atoms with Crippen molar-refractivity contribution in [3.63, 3.8) is 0 Å². The largest absolute Gasteiger partial charge is 0.461 e. The number of fused-ring (bicyclic) bond motifs is 1. The number of hydrogen-bond donors (Lipinski definition) is 0. The predicted molar refractivity (Wildman–Crippen MR) is 58.6 cm³/mol. The molecule has 2 rings (SSSR count). The molecule has 1 fully saturated rings. The average Bonchev–Trinajstić information content (AvgIpc) is 2.27. The van der Waals surface area contributed by atoms with Crippen molar-refractivity contribution in [3.8, 4) is 0 Å². The Labute approximate surface area is 97.8 Å². The lowest BCUT2D eigenvalue weighted by Gasteiger charge is -2.47. The lowest BCUT2D eigenvalue weighted by Crippen LogP contribution is -2.65. The molecule has 0 saturated carbocycles. The van der Waals surface area contributed by atoms with Crippen molar-refractivity contribution in [1.82, 2.24) is 4.90 Å². The van der Waals surface area contributed by atoms with Crippen LogP contribution in [0, 0.1) is 0 Å². The summed E-state index contributed by atoms with van der Waals surface area (Å²) >= 11 is 1.54. The van der Waals surface area contributed by atoms with Gasteiger partial charge in [0, 0.05) is 20.6 Å². The molecule has 88 valence electrons. The quantitative estimate of drug-likeness (QED) is 0.529. The molecule has 0 radical (unpaired) electrons. The second-order valence-electron chi connectivity index (χ2n) is 3.71. The fourth-order valence-corrected chi connectivity index (χ4v) is 2.89. The van der Waals surface area contributed by atoms with Gasteiger partial charge in [0.05, 0.1) is 0 Å². The van der Waals surface area contributed by atoms with Gasteiger partial charge in [-0.2, -0.15) is 0 Å². The molecule has 0 aromatic carbocycles. The van der Waals surface area contributed by atoms with E-state index in [9.17, 15) is 9.59 Å². The predicted octanol–water partition coefficient (Wildman–Crippen LogP) is 0.364. The summed E-state index contributed by atoms with van der Waals surface area (Å²) in [6.07, 6.45) is -0.323. The second kappa shape index (κ2) is 4.47. The van der Waals surface area contributed by atoms with Gasteiger partial charge in [-0.3, -0.25) is 9.59 Å². The molecule has 0 aromatic heterocycles.